The molecule has 0 spiro atoms. The summed E-state index contributed by atoms with van der Waals surface area (Å²) in [6.07, 6.45) is 0. The highest BCUT2D eigenvalue weighted by molar-refractivity contribution is 14.1. The molecule has 1 atom stereocenters. The van der Waals surface area contributed by atoms with Gasteiger partial charge in [0.25, 0.3) is 5.91 Å². The highest BCUT2D eigenvalue weighted by atomic mass is 127. The smallest absolute Gasteiger partial charge is 0.255 e. The van der Waals surface area contributed by atoms with E-state index in [1.807, 2.05) is 36.1 Å². The molecule has 0 aromatic heterocycles. The zero-order valence-corrected chi connectivity index (χ0v) is 14.4. The fraction of sp³-hybridized carbons (Fsp3) is 0.429. The van der Waals surface area contributed by atoms with E-state index in [4.69, 9.17) is 18.0 Å². The van der Waals surface area contributed by atoms with Gasteiger partial charge in [0.1, 0.15) is 0 Å². The van der Waals surface area contributed by atoms with Crippen LogP contribution in [0, 0.1) is 3.57 Å². The normalized spacial score (nSPS) is 17.8. The molecule has 1 aliphatic heterocycles. The van der Waals surface area contributed by atoms with Gasteiger partial charge in [0.05, 0.1) is 16.6 Å². The van der Waals surface area contributed by atoms with Crippen molar-refractivity contribution in [3.8, 4) is 0 Å². The maximum Gasteiger partial charge on any atom is 0.255 e. The quantitative estimate of drug-likeness (QED) is 0.617. The van der Waals surface area contributed by atoms with Crippen LogP contribution in [0.4, 0.5) is 0 Å². The summed E-state index contributed by atoms with van der Waals surface area (Å²) in [7, 11) is 0. The first-order chi connectivity index (χ1) is 9.50. The van der Waals surface area contributed by atoms with Gasteiger partial charge in [-0.05, 0) is 41.6 Å². The molecule has 20 heavy (non-hydrogen) atoms. The molecule has 4 nitrogen and oxygen atoms in total. The largest absolute Gasteiger partial charge is 0.392 e. The molecule has 0 radical (unpaired) electrons. The van der Waals surface area contributed by atoms with Gasteiger partial charge >= 0.3 is 0 Å². The Morgan fingerprint density at radius 1 is 1.30 bits per heavy atom. The zero-order chi connectivity index (χ0) is 14.7. The van der Waals surface area contributed by atoms with Crippen LogP contribution in [0.2, 0.25) is 0 Å². The Kier molecular flexibility index (Phi) is 5.34. The van der Waals surface area contributed by atoms with Crippen LogP contribution in [0.25, 0.3) is 0 Å². The number of nitrogens with zero attached hydrogens (tertiary/aromatic N) is 2. The lowest BCUT2D eigenvalue weighted by molar-refractivity contribution is 0.0620. The number of hydrogen-bond donors (Lipinski definition) is 1. The Labute approximate surface area is 138 Å². The van der Waals surface area contributed by atoms with Crippen molar-refractivity contribution in [2.24, 2.45) is 5.73 Å². The van der Waals surface area contributed by atoms with Gasteiger partial charge in [-0.2, -0.15) is 0 Å². The molecule has 1 saturated heterocycles. The number of thiocarbonyl (C=S) groups is 1. The van der Waals surface area contributed by atoms with Crippen LogP contribution in [0.5, 0.6) is 0 Å². The SMILES string of the molecule is CC(C(N)=S)N1CCN(C(=O)c2ccccc2I)CC1. The van der Waals surface area contributed by atoms with Gasteiger partial charge in [0.15, 0.2) is 0 Å². The van der Waals surface area contributed by atoms with Crippen molar-refractivity contribution in [1.82, 2.24) is 9.80 Å². The lowest BCUT2D eigenvalue weighted by Gasteiger charge is -2.37. The molecule has 2 rings (SSSR count). The van der Waals surface area contributed by atoms with Crippen LogP contribution in [0.1, 0.15) is 17.3 Å². The maximum absolute atomic E-state index is 12.5. The average molecular weight is 403 g/mol. The molecule has 1 aliphatic rings. The minimum Gasteiger partial charge on any atom is -0.392 e. The Morgan fingerprint density at radius 2 is 1.90 bits per heavy atom. The third-order valence-electron chi connectivity index (χ3n) is 3.67. The van der Waals surface area contributed by atoms with E-state index in [1.54, 1.807) is 0 Å². The van der Waals surface area contributed by atoms with Crippen molar-refractivity contribution < 1.29 is 4.79 Å². The van der Waals surface area contributed by atoms with Crippen molar-refractivity contribution in [3.05, 3.63) is 33.4 Å². The van der Waals surface area contributed by atoms with E-state index in [0.717, 1.165) is 35.3 Å². The van der Waals surface area contributed by atoms with E-state index in [9.17, 15) is 4.79 Å². The van der Waals surface area contributed by atoms with Gasteiger partial charge in [0, 0.05) is 29.7 Å². The minimum atomic E-state index is 0.0964. The standard InChI is InChI=1S/C14H18IN3OS/c1-10(13(16)20)17-6-8-18(9-7-17)14(19)11-4-2-3-5-12(11)15/h2-5,10H,6-9H2,1H3,(H2,16,20). The van der Waals surface area contributed by atoms with Gasteiger partial charge in [-0.1, -0.05) is 24.4 Å². The number of amides is 1. The van der Waals surface area contributed by atoms with Crippen molar-refractivity contribution in [2.45, 2.75) is 13.0 Å². The summed E-state index contributed by atoms with van der Waals surface area (Å²) >= 11 is 7.23. The highest BCUT2D eigenvalue weighted by Crippen LogP contribution is 2.16. The van der Waals surface area contributed by atoms with Crippen molar-refractivity contribution in [3.63, 3.8) is 0 Å². The third-order valence-corrected chi connectivity index (χ3v) is 4.95. The van der Waals surface area contributed by atoms with Gasteiger partial charge in [0.2, 0.25) is 0 Å². The van der Waals surface area contributed by atoms with E-state index < -0.39 is 0 Å². The number of rotatable bonds is 3. The highest BCUT2D eigenvalue weighted by Gasteiger charge is 2.26. The summed E-state index contributed by atoms with van der Waals surface area (Å²) in [5, 5.41) is 0. The molecule has 1 aromatic carbocycles. The van der Waals surface area contributed by atoms with Crippen LogP contribution in [0.15, 0.2) is 24.3 Å². The minimum absolute atomic E-state index is 0.0964. The fourth-order valence-electron chi connectivity index (χ4n) is 2.30. The van der Waals surface area contributed by atoms with Gasteiger partial charge < -0.3 is 10.6 Å². The van der Waals surface area contributed by atoms with Crippen LogP contribution in [0.3, 0.4) is 0 Å². The molecular weight excluding hydrogens is 385 g/mol. The number of benzene rings is 1. The Morgan fingerprint density at radius 3 is 2.45 bits per heavy atom. The average Bonchev–Trinajstić information content (AvgIpc) is 2.46. The molecule has 1 heterocycles. The van der Waals surface area contributed by atoms with Gasteiger partial charge in [-0.25, -0.2) is 0 Å². The zero-order valence-electron chi connectivity index (χ0n) is 11.4. The van der Waals surface area contributed by atoms with Crippen molar-refractivity contribution in [2.75, 3.05) is 26.2 Å². The van der Waals surface area contributed by atoms with E-state index in [-0.39, 0.29) is 11.9 Å². The molecule has 1 fully saturated rings. The number of piperazine rings is 1. The van der Waals surface area contributed by atoms with Gasteiger partial charge in [-0.15, -0.1) is 0 Å². The number of nitrogens with two attached hydrogens (primary N) is 1. The number of carbonyl (C=O) groups is 1. The maximum atomic E-state index is 12.5. The van der Waals surface area contributed by atoms with Gasteiger partial charge in [-0.3, -0.25) is 9.69 Å². The number of hydrogen-bond acceptors (Lipinski definition) is 3. The summed E-state index contributed by atoms with van der Waals surface area (Å²) in [6.45, 7) is 5.08. The van der Waals surface area contributed by atoms with E-state index in [1.165, 1.54) is 0 Å². The first kappa shape index (κ1) is 15.7. The third kappa shape index (κ3) is 3.48. The predicted octanol–water partition coefficient (Wildman–Crippen LogP) is 1.72. The lowest BCUT2D eigenvalue weighted by atomic mass is 10.1. The molecule has 6 heteroatoms. The second-order valence-corrected chi connectivity index (χ2v) is 6.52. The van der Waals surface area contributed by atoms with E-state index in [2.05, 4.69) is 27.5 Å². The molecule has 1 unspecified atom stereocenters. The van der Waals surface area contributed by atoms with Crippen molar-refractivity contribution in [1.29, 1.82) is 0 Å². The first-order valence-corrected chi connectivity index (χ1v) is 8.06. The Balaban J connectivity index is 1.99. The molecule has 0 saturated carbocycles. The van der Waals surface area contributed by atoms with E-state index in [0.29, 0.717) is 4.99 Å². The first-order valence-electron chi connectivity index (χ1n) is 6.58. The second kappa shape index (κ2) is 6.82. The summed E-state index contributed by atoms with van der Waals surface area (Å²) in [5.74, 6) is 0.109. The van der Waals surface area contributed by atoms with Crippen LogP contribution in [-0.4, -0.2) is 52.9 Å². The predicted molar refractivity (Wildman–Crippen MR) is 92.9 cm³/mol. The van der Waals surface area contributed by atoms with Crippen LogP contribution in [-0.2, 0) is 0 Å². The second-order valence-electron chi connectivity index (χ2n) is 4.89. The molecular formula is C14H18IN3OS. The topological polar surface area (TPSA) is 49.6 Å². The number of carbonyl (C=O) groups excluding carboxylic acids is 1. The van der Waals surface area contributed by atoms with Crippen molar-refractivity contribution >= 4 is 45.7 Å². The lowest BCUT2D eigenvalue weighted by Crippen LogP contribution is -2.54. The van der Waals surface area contributed by atoms with Crippen LogP contribution >= 0.6 is 34.8 Å². The fourth-order valence-corrected chi connectivity index (χ4v) is 3.06. The molecule has 0 bridgehead atoms. The summed E-state index contributed by atoms with van der Waals surface area (Å²) in [6, 6.07) is 7.78. The molecule has 0 aliphatic carbocycles. The summed E-state index contributed by atoms with van der Waals surface area (Å²) in [5.41, 5.74) is 6.46. The summed E-state index contributed by atoms with van der Waals surface area (Å²) in [4.78, 5) is 17.1. The van der Waals surface area contributed by atoms with E-state index >= 15 is 0 Å². The molecule has 1 aromatic rings. The summed E-state index contributed by atoms with van der Waals surface area (Å²) < 4.78 is 0.994. The Hall–Kier alpha value is -0.730. The molecule has 108 valence electrons. The monoisotopic (exact) mass is 403 g/mol. The number of halogens is 1. The molecule has 1 amide bonds. The van der Waals surface area contributed by atoms with Crippen LogP contribution < -0.4 is 5.73 Å². The molecule has 2 N–H and O–H groups in total. The Bertz CT molecular complexity index is 515.